The normalized spacial score (nSPS) is 17.2. The van der Waals surface area contributed by atoms with Crippen LogP contribution in [0, 0.1) is 11.6 Å². The molecule has 3 aromatic rings. The number of aromatic amines is 1. The largest absolute Gasteiger partial charge is 0.340 e. The molecule has 5 rings (SSSR count). The van der Waals surface area contributed by atoms with Crippen LogP contribution in [0.1, 0.15) is 51.5 Å². The van der Waals surface area contributed by atoms with E-state index in [2.05, 4.69) is 26.0 Å². The summed E-state index contributed by atoms with van der Waals surface area (Å²) in [5.41, 5.74) is -1.55. The molecule has 1 fully saturated rings. The van der Waals surface area contributed by atoms with Crippen molar-refractivity contribution in [2.75, 3.05) is 5.32 Å². The summed E-state index contributed by atoms with van der Waals surface area (Å²) in [6, 6.07) is 2.77. The Morgan fingerprint density at radius 3 is 2.53 bits per heavy atom. The molecule has 1 aliphatic carbocycles. The number of nitrogens with one attached hydrogen (secondary N) is 3. The minimum absolute atomic E-state index is 0.0426. The van der Waals surface area contributed by atoms with Crippen molar-refractivity contribution in [3.8, 4) is 0 Å². The molecule has 1 saturated carbocycles. The third-order valence-corrected chi connectivity index (χ3v) is 6.68. The maximum Gasteiger partial charge on any atom is 0.294 e. The zero-order valence-corrected chi connectivity index (χ0v) is 19.1. The molecule has 0 unspecified atom stereocenters. The smallest absolute Gasteiger partial charge is 0.294 e. The maximum atomic E-state index is 13.8. The first-order valence-electron chi connectivity index (χ1n) is 10.8. The van der Waals surface area contributed by atoms with E-state index in [-0.39, 0.29) is 34.2 Å². The number of alkyl halides is 2. The highest BCUT2D eigenvalue weighted by Gasteiger charge is 2.60. The van der Waals surface area contributed by atoms with Crippen LogP contribution in [0.4, 0.5) is 23.2 Å². The van der Waals surface area contributed by atoms with Gasteiger partial charge in [-0.3, -0.25) is 19.5 Å². The second kappa shape index (κ2) is 8.43. The van der Waals surface area contributed by atoms with Crippen molar-refractivity contribution in [1.82, 2.24) is 25.3 Å². The van der Waals surface area contributed by atoms with Crippen molar-refractivity contribution in [2.24, 2.45) is 0 Å². The Bertz CT molecular complexity index is 1400. The van der Waals surface area contributed by atoms with Crippen LogP contribution in [0.3, 0.4) is 0 Å². The third kappa shape index (κ3) is 3.92. The van der Waals surface area contributed by atoms with E-state index in [1.165, 1.54) is 10.8 Å². The summed E-state index contributed by atoms with van der Waals surface area (Å²) in [7, 11) is 0. The molecular formula is C22H17ClF4N6O3. The lowest BCUT2D eigenvalue weighted by Gasteiger charge is -2.46. The van der Waals surface area contributed by atoms with E-state index in [1.54, 1.807) is 0 Å². The van der Waals surface area contributed by atoms with Crippen LogP contribution in [0.15, 0.2) is 24.4 Å². The number of hydrogen-bond donors (Lipinski definition) is 3. The number of benzene rings is 1. The fourth-order valence-electron chi connectivity index (χ4n) is 4.75. The summed E-state index contributed by atoms with van der Waals surface area (Å²) in [4.78, 5) is 39.1. The number of H-pyrrole nitrogens is 1. The molecule has 14 heteroatoms. The number of nitrogens with zero attached hydrogens (tertiary/aromatic N) is 3. The predicted molar refractivity (Wildman–Crippen MR) is 117 cm³/mol. The molecule has 9 nitrogen and oxygen atoms in total. The zero-order chi connectivity index (χ0) is 25.8. The standard InChI is InChI=1S/C22H17ClF4N6O3/c23-16-15(19(35)29-10-3-4-11(24)12(25)6-10)13-2-1-5-33(13)17(16)18(34)20(36)30-21(8-22(26,27)9-21)14-7-28-32-31-14/h3-4,6-7H,1-2,5,8-9H2,(H,29,35)(H,30,36)(H,28,31,32). The first kappa shape index (κ1) is 24.0. The minimum atomic E-state index is -3.06. The molecule has 36 heavy (non-hydrogen) atoms. The topological polar surface area (TPSA) is 122 Å². The van der Waals surface area contributed by atoms with Gasteiger partial charge in [-0.15, -0.1) is 5.10 Å². The molecule has 2 aliphatic rings. The predicted octanol–water partition coefficient (Wildman–Crippen LogP) is 3.36. The Kier molecular flexibility index (Phi) is 5.62. The second-order valence-corrected chi connectivity index (χ2v) is 9.13. The summed E-state index contributed by atoms with van der Waals surface area (Å²) in [5.74, 6) is -8.43. The molecule has 0 radical (unpaired) electrons. The number of Topliss-reactive ketones (excluding diaryl/α,β-unsaturated/α-hetero) is 1. The van der Waals surface area contributed by atoms with Gasteiger partial charge < -0.3 is 15.2 Å². The Balaban J connectivity index is 1.43. The Hall–Kier alpha value is -3.74. The number of fused-ring (bicyclic) bond motifs is 1. The van der Waals surface area contributed by atoms with Crippen LogP contribution in [0.2, 0.25) is 5.02 Å². The van der Waals surface area contributed by atoms with Gasteiger partial charge in [0.25, 0.3) is 23.5 Å². The number of carbonyl (C=O) groups excluding carboxylic acids is 3. The molecule has 3 heterocycles. The zero-order valence-electron chi connectivity index (χ0n) is 18.3. The van der Waals surface area contributed by atoms with Crippen molar-refractivity contribution in [1.29, 1.82) is 0 Å². The van der Waals surface area contributed by atoms with E-state index in [4.69, 9.17) is 11.6 Å². The molecule has 0 atom stereocenters. The van der Waals surface area contributed by atoms with Crippen molar-refractivity contribution in [3.63, 3.8) is 0 Å². The summed E-state index contributed by atoms with van der Waals surface area (Å²) >= 11 is 6.40. The summed E-state index contributed by atoms with van der Waals surface area (Å²) in [5, 5.41) is 14.0. The lowest BCUT2D eigenvalue weighted by molar-refractivity contribution is -0.148. The molecule has 1 aromatic carbocycles. The minimum Gasteiger partial charge on any atom is -0.340 e. The molecule has 3 N–H and O–H groups in total. The van der Waals surface area contributed by atoms with Crippen LogP contribution in [-0.2, 0) is 23.3 Å². The van der Waals surface area contributed by atoms with E-state index in [0.717, 1.165) is 18.2 Å². The van der Waals surface area contributed by atoms with Gasteiger partial charge in [0.1, 0.15) is 11.4 Å². The van der Waals surface area contributed by atoms with Crippen LogP contribution < -0.4 is 10.6 Å². The van der Waals surface area contributed by atoms with E-state index in [0.29, 0.717) is 18.5 Å². The fourth-order valence-corrected chi connectivity index (χ4v) is 5.13. The fraction of sp³-hybridized carbons (Fsp3) is 0.318. The van der Waals surface area contributed by atoms with Gasteiger partial charge in [0, 0.05) is 43.0 Å². The van der Waals surface area contributed by atoms with Gasteiger partial charge in [-0.05, 0) is 25.0 Å². The molecule has 0 bridgehead atoms. The van der Waals surface area contributed by atoms with Gasteiger partial charge in [-0.1, -0.05) is 16.8 Å². The monoisotopic (exact) mass is 524 g/mol. The quantitative estimate of drug-likeness (QED) is 0.259. The first-order valence-corrected chi connectivity index (χ1v) is 11.2. The van der Waals surface area contributed by atoms with Gasteiger partial charge in [-0.2, -0.15) is 0 Å². The summed E-state index contributed by atoms with van der Waals surface area (Å²) in [6.07, 6.45) is 0.628. The van der Waals surface area contributed by atoms with E-state index < -0.39 is 53.5 Å². The van der Waals surface area contributed by atoms with Gasteiger partial charge >= 0.3 is 0 Å². The van der Waals surface area contributed by atoms with Crippen LogP contribution in [-0.4, -0.2) is 43.5 Å². The van der Waals surface area contributed by atoms with Crippen molar-refractivity contribution >= 4 is 34.9 Å². The number of rotatable bonds is 6. The lowest BCUT2D eigenvalue weighted by atomic mass is 9.71. The van der Waals surface area contributed by atoms with Gasteiger partial charge in [0.2, 0.25) is 0 Å². The number of anilines is 1. The van der Waals surface area contributed by atoms with Crippen molar-refractivity contribution < 1.29 is 31.9 Å². The number of hydrogen-bond acceptors (Lipinski definition) is 5. The van der Waals surface area contributed by atoms with E-state index in [9.17, 15) is 31.9 Å². The summed E-state index contributed by atoms with van der Waals surface area (Å²) < 4.78 is 55.7. The molecule has 1 aliphatic heterocycles. The van der Waals surface area contributed by atoms with Crippen molar-refractivity contribution in [2.45, 2.75) is 43.7 Å². The molecule has 2 aromatic heterocycles. The Morgan fingerprint density at radius 1 is 1.14 bits per heavy atom. The summed E-state index contributed by atoms with van der Waals surface area (Å²) in [6.45, 7) is 0.286. The highest BCUT2D eigenvalue weighted by molar-refractivity contribution is 6.48. The SMILES string of the molecule is O=C(NC1(c2c[nH]nn2)CC(F)(F)C1)C(=O)c1c(Cl)c(C(=O)Nc2ccc(F)c(F)c2)c2n1CCC2. The highest BCUT2D eigenvalue weighted by Crippen LogP contribution is 2.51. The van der Waals surface area contributed by atoms with Crippen molar-refractivity contribution in [3.05, 3.63) is 63.7 Å². The van der Waals surface area contributed by atoms with E-state index >= 15 is 0 Å². The number of carbonyl (C=O) groups is 3. The highest BCUT2D eigenvalue weighted by atomic mass is 35.5. The maximum absolute atomic E-state index is 13.8. The number of aromatic nitrogens is 4. The van der Waals surface area contributed by atoms with Crippen LogP contribution >= 0.6 is 11.6 Å². The molecular weight excluding hydrogens is 508 g/mol. The Morgan fingerprint density at radius 2 is 1.89 bits per heavy atom. The number of amides is 2. The van der Waals surface area contributed by atoms with E-state index in [1.807, 2.05) is 0 Å². The molecule has 188 valence electrons. The van der Waals surface area contributed by atoms with Gasteiger partial charge in [0.05, 0.1) is 16.1 Å². The molecule has 2 amide bonds. The number of ketones is 1. The van der Waals surface area contributed by atoms with Gasteiger partial charge in [0.15, 0.2) is 11.6 Å². The average molecular weight is 525 g/mol. The number of halogens is 5. The van der Waals surface area contributed by atoms with Gasteiger partial charge in [-0.25, -0.2) is 17.6 Å². The molecule has 0 spiro atoms. The third-order valence-electron chi connectivity index (χ3n) is 6.31. The van der Waals surface area contributed by atoms with Crippen LogP contribution in [0.25, 0.3) is 0 Å². The van der Waals surface area contributed by atoms with Crippen LogP contribution in [0.5, 0.6) is 0 Å². The first-order chi connectivity index (χ1) is 17.0. The lowest BCUT2D eigenvalue weighted by Crippen LogP contribution is -2.61. The average Bonchev–Trinajstić information content (AvgIpc) is 3.52. The Labute approximate surface area is 205 Å². The molecule has 0 saturated heterocycles. The second-order valence-electron chi connectivity index (χ2n) is 8.76.